The molecule has 1 aromatic rings. The van der Waals surface area contributed by atoms with Gasteiger partial charge in [-0.25, -0.2) is 0 Å². The molecule has 37 heavy (non-hydrogen) atoms. The van der Waals surface area contributed by atoms with Crippen molar-refractivity contribution in [1.82, 2.24) is 20.0 Å². The number of benzene rings is 1. The fourth-order valence-corrected chi connectivity index (χ4v) is 4.46. The van der Waals surface area contributed by atoms with Crippen LogP contribution in [-0.4, -0.2) is 107 Å². The van der Waals surface area contributed by atoms with Crippen LogP contribution in [0.1, 0.15) is 23.2 Å². The molecule has 0 saturated carbocycles. The molecule has 0 unspecified atom stereocenters. The average Bonchev–Trinajstić information content (AvgIpc) is 2.81. The van der Waals surface area contributed by atoms with Crippen molar-refractivity contribution in [2.24, 2.45) is 0 Å². The standard InChI is InChI=1S/C22H30F3N7O4S/c1-30-8-10-31(11-9-30)13-18(34)28-16-12-14(2-3-17(16)36-22(23,24)25)19(35)29-20(26)37-21(27)32-6-4-15(33)5-7-32/h2-3,12,15,27,33H,4-11,13H2,1H3,(H,28,34)(H2,26,29,35). The number of thioether (sulfide) groups is 1. The number of hydrogen-bond donors (Lipinski definition) is 5. The Hall–Kier alpha value is -2.88. The highest BCUT2D eigenvalue weighted by Crippen LogP contribution is 2.31. The first-order chi connectivity index (χ1) is 17.4. The zero-order chi connectivity index (χ0) is 27.2. The van der Waals surface area contributed by atoms with Crippen molar-refractivity contribution in [1.29, 1.82) is 10.8 Å². The van der Waals surface area contributed by atoms with Gasteiger partial charge in [-0.1, -0.05) is 0 Å². The van der Waals surface area contributed by atoms with E-state index in [2.05, 4.69) is 20.3 Å². The molecule has 2 aliphatic heterocycles. The lowest BCUT2D eigenvalue weighted by atomic mass is 10.1. The van der Waals surface area contributed by atoms with Crippen LogP contribution in [0.4, 0.5) is 18.9 Å². The minimum Gasteiger partial charge on any atom is -0.404 e. The monoisotopic (exact) mass is 545 g/mol. The number of piperidine rings is 1. The molecule has 2 aliphatic rings. The summed E-state index contributed by atoms with van der Waals surface area (Å²) >= 11 is 0.703. The first kappa shape index (κ1) is 28.7. The van der Waals surface area contributed by atoms with Crippen molar-refractivity contribution in [2.75, 3.05) is 58.2 Å². The lowest BCUT2D eigenvalue weighted by Crippen LogP contribution is -2.47. The topological polar surface area (TPSA) is 145 Å². The number of anilines is 1. The molecule has 0 aliphatic carbocycles. The molecule has 2 fully saturated rings. The molecule has 0 radical (unpaired) electrons. The molecule has 3 rings (SSSR count). The number of halogens is 3. The number of aliphatic hydroxyl groups is 1. The van der Waals surface area contributed by atoms with E-state index in [1.807, 2.05) is 11.9 Å². The highest BCUT2D eigenvalue weighted by Gasteiger charge is 2.33. The first-order valence-electron chi connectivity index (χ1n) is 11.6. The van der Waals surface area contributed by atoms with E-state index in [1.165, 1.54) is 0 Å². The van der Waals surface area contributed by atoms with E-state index in [-0.39, 0.29) is 28.1 Å². The van der Waals surface area contributed by atoms with Gasteiger partial charge in [-0.2, -0.15) is 0 Å². The Balaban J connectivity index is 1.64. The number of rotatable bonds is 5. The molecule has 204 valence electrons. The summed E-state index contributed by atoms with van der Waals surface area (Å²) < 4.78 is 42.7. The Morgan fingerprint density at radius 2 is 1.78 bits per heavy atom. The molecular formula is C22H30F3N7O4S. The van der Waals surface area contributed by atoms with E-state index in [0.29, 0.717) is 50.8 Å². The largest absolute Gasteiger partial charge is 0.573 e. The van der Waals surface area contributed by atoms with E-state index in [4.69, 9.17) is 10.8 Å². The summed E-state index contributed by atoms with van der Waals surface area (Å²) in [5.41, 5.74) is -0.440. The first-order valence-corrected chi connectivity index (χ1v) is 12.4. The fourth-order valence-electron chi connectivity index (χ4n) is 3.81. The van der Waals surface area contributed by atoms with Gasteiger partial charge in [-0.05, 0) is 49.9 Å². The Kier molecular flexibility index (Phi) is 9.75. The van der Waals surface area contributed by atoms with Gasteiger partial charge in [0.25, 0.3) is 5.91 Å². The Morgan fingerprint density at radius 1 is 1.14 bits per heavy atom. The maximum absolute atomic E-state index is 12.9. The zero-order valence-electron chi connectivity index (χ0n) is 20.2. The second-order valence-electron chi connectivity index (χ2n) is 8.80. The second-order valence-corrected chi connectivity index (χ2v) is 9.79. The number of likely N-dealkylation sites (N-methyl/N-ethyl adjacent to an activating group) is 1. The minimum atomic E-state index is -5.01. The number of nitrogens with zero attached hydrogens (tertiary/aromatic N) is 3. The third-order valence-corrected chi connectivity index (χ3v) is 6.64. The number of amidine groups is 2. The number of nitrogens with one attached hydrogen (secondary N) is 4. The van der Waals surface area contributed by atoms with Crippen LogP contribution < -0.4 is 15.4 Å². The zero-order valence-corrected chi connectivity index (χ0v) is 21.0. The second kappa shape index (κ2) is 12.6. The minimum absolute atomic E-state index is 0.0305. The molecule has 2 amide bonds. The van der Waals surface area contributed by atoms with E-state index in [9.17, 15) is 27.9 Å². The molecule has 5 N–H and O–H groups in total. The average molecular weight is 546 g/mol. The predicted octanol–water partition coefficient (Wildman–Crippen LogP) is 1.56. The van der Waals surface area contributed by atoms with E-state index in [0.717, 1.165) is 31.3 Å². The number of likely N-dealkylation sites (tertiary alicyclic amines) is 1. The lowest BCUT2D eigenvalue weighted by Gasteiger charge is -2.31. The number of aliphatic hydroxyl groups excluding tert-OH is 1. The predicted molar refractivity (Wildman–Crippen MR) is 133 cm³/mol. The molecule has 0 bridgehead atoms. The van der Waals surface area contributed by atoms with Crippen molar-refractivity contribution in [2.45, 2.75) is 25.3 Å². The van der Waals surface area contributed by atoms with Crippen LogP contribution >= 0.6 is 11.8 Å². The smallest absolute Gasteiger partial charge is 0.404 e. The number of piperazine rings is 1. The Labute approximate surface area is 216 Å². The normalized spacial score (nSPS) is 17.8. The highest BCUT2D eigenvalue weighted by molar-refractivity contribution is 8.26. The quantitative estimate of drug-likeness (QED) is 0.277. The van der Waals surface area contributed by atoms with Gasteiger partial charge in [0.2, 0.25) is 5.91 Å². The summed E-state index contributed by atoms with van der Waals surface area (Å²) in [6.45, 7) is 3.64. The lowest BCUT2D eigenvalue weighted by molar-refractivity contribution is -0.274. The van der Waals surface area contributed by atoms with Gasteiger partial charge in [0.1, 0.15) is 0 Å². The van der Waals surface area contributed by atoms with Crippen LogP contribution in [0.3, 0.4) is 0 Å². The Morgan fingerprint density at radius 3 is 2.41 bits per heavy atom. The molecule has 11 nitrogen and oxygen atoms in total. The van der Waals surface area contributed by atoms with Gasteiger partial charge >= 0.3 is 6.36 Å². The number of carbonyl (C=O) groups excluding carboxylic acids is 2. The highest BCUT2D eigenvalue weighted by atomic mass is 32.2. The fraction of sp³-hybridized carbons (Fsp3) is 0.545. The SMILES string of the molecule is CN1CCN(CC(=O)Nc2cc(C(=O)NC(=N)SC(=N)N3CCC(O)CC3)ccc2OC(F)(F)F)CC1. The molecule has 2 heterocycles. The van der Waals surface area contributed by atoms with Crippen LogP contribution in [0.2, 0.25) is 0 Å². The van der Waals surface area contributed by atoms with Gasteiger partial charge in [0, 0.05) is 44.8 Å². The van der Waals surface area contributed by atoms with Crippen molar-refractivity contribution >= 4 is 39.6 Å². The van der Waals surface area contributed by atoms with Crippen molar-refractivity contribution in [3.8, 4) is 5.75 Å². The number of hydrogen-bond acceptors (Lipinski definition) is 9. The molecule has 1 aromatic carbocycles. The van der Waals surface area contributed by atoms with Crippen LogP contribution in [0.25, 0.3) is 0 Å². The number of carbonyl (C=O) groups is 2. The third kappa shape index (κ3) is 9.18. The summed E-state index contributed by atoms with van der Waals surface area (Å²) in [6.07, 6.45) is -4.44. The molecule has 0 spiro atoms. The Bertz CT molecular complexity index is 1010. The maximum atomic E-state index is 12.9. The molecular weight excluding hydrogens is 515 g/mol. The molecule has 2 saturated heterocycles. The van der Waals surface area contributed by atoms with E-state index < -0.39 is 30.0 Å². The summed E-state index contributed by atoms with van der Waals surface area (Å²) in [7, 11) is 1.95. The number of amides is 2. The third-order valence-electron chi connectivity index (χ3n) is 5.88. The van der Waals surface area contributed by atoms with E-state index in [1.54, 1.807) is 4.90 Å². The summed E-state index contributed by atoms with van der Waals surface area (Å²) in [6, 6.07) is 3.06. The van der Waals surface area contributed by atoms with Crippen molar-refractivity contribution in [3.05, 3.63) is 23.8 Å². The van der Waals surface area contributed by atoms with Gasteiger partial charge in [-0.3, -0.25) is 25.3 Å². The van der Waals surface area contributed by atoms with Gasteiger partial charge in [-0.15, -0.1) is 13.2 Å². The molecule has 0 aromatic heterocycles. The van der Waals surface area contributed by atoms with Crippen molar-refractivity contribution < 1.29 is 32.6 Å². The van der Waals surface area contributed by atoms with Crippen LogP contribution in [0.15, 0.2) is 18.2 Å². The summed E-state index contributed by atoms with van der Waals surface area (Å²) in [5.74, 6) is -2.03. The van der Waals surface area contributed by atoms with Crippen LogP contribution in [-0.2, 0) is 4.79 Å². The van der Waals surface area contributed by atoms with E-state index >= 15 is 0 Å². The van der Waals surface area contributed by atoms with Gasteiger partial charge < -0.3 is 30.3 Å². The molecule has 15 heteroatoms. The summed E-state index contributed by atoms with van der Waals surface area (Å²) in [5, 5.41) is 30.1. The molecule has 0 atom stereocenters. The van der Waals surface area contributed by atoms with Crippen LogP contribution in [0.5, 0.6) is 5.75 Å². The van der Waals surface area contributed by atoms with Crippen LogP contribution in [0, 0.1) is 10.8 Å². The number of ether oxygens (including phenoxy) is 1. The van der Waals surface area contributed by atoms with Gasteiger partial charge in [0.15, 0.2) is 16.1 Å². The summed E-state index contributed by atoms with van der Waals surface area (Å²) in [4.78, 5) is 30.9. The number of alkyl halides is 3. The van der Waals surface area contributed by atoms with Gasteiger partial charge in [0.05, 0.1) is 18.3 Å². The maximum Gasteiger partial charge on any atom is 0.573 e. The van der Waals surface area contributed by atoms with Crippen molar-refractivity contribution in [3.63, 3.8) is 0 Å².